The first-order valence-electron chi connectivity index (χ1n) is 19.9. The van der Waals surface area contributed by atoms with Gasteiger partial charge in [-0.1, -0.05) is 95.3 Å². The summed E-state index contributed by atoms with van der Waals surface area (Å²) in [6.45, 7) is 10.9. The molecule has 306 valence electrons. The molecule has 0 radical (unpaired) electrons. The average molecular weight is 791 g/mol. The number of alkyl carbamates (subject to hydrolysis) is 2. The van der Waals surface area contributed by atoms with Crippen molar-refractivity contribution in [2.75, 3.05) is 27.3 Å². The van der Waals surface area contributed by atoms with E-state index < -0.39 is 24.3 Å². The van der Waals surface area contributed by atoms with E-state index in [0.717, 1.165) is 63.7 Å². The minimum Gasteiger partial charge on any atom is -0.453 e. The standard InChI is InChI=1S/C44H54N8O6/c1-8-21-51(41(53)38(26(2)3)49-43(55)57-6)25-37-45-24-35(47-37)33-20-19-30(31-12-9-10-13-32(31)33)28-15-17-29(18-16-28)34-23-46-40(48-34)36-14-11-22-52(36)42(54)39(27(4)5)50-44(56)58-7/h9-10,12-13,15-20,23-24,26-27,36,38-39H,8,11,14,21-22,25H2,1-7H3,(H,45,47)(H,46,48)(H,49,55)(H,50,56). The summed E-state index contributed by atoms with van der Waals surface area (Å²) < 4.78 is 9.54. The van der Waals surface area contributed by atoms with Crippen LogP contribution in [-0.2, 0) is 25.6 Å². The number of aromatic nitrogens is 4. The van der Waals surface area contributed by atoms with Crippen molar-refractivity contribution in [3.8, 4) is 33.6 Å². The fraction of sp³-hybridized carbons (Fsp3) is 0.409. The molecule has 4 amide bonds. The molecule has 1 aliphatic rings. The van der Waals surface area contributed by atoms with Crippen LogP contribution in [0.25, 0.3) is 44.4 Å². The van der Waals surface area contributed by atoms with Crippen molar-refractivity contribution >= 4 is 34.8 Å². The Kier molecular flexibility index (Phi) is 13.1. The number of hydrogen-bond acceptors (Lipinski definition) is 8. The summed E-state index contributed by atoms with van der Waals surface area (Å²) in [5, 5.41) is 7.52. The maximum atomic E-state index is 13.6. The molecule has 0 aliphatic carbocycles. The zero-order valence-electron chi connectivity index (χ0n) is 34.3. The predicted octanol–water partition coefficient (Wildman–Crippen LogP) is 7.45. The minimum absolute atomic E-state index is 0.113. The summed E-state index contributed by atoms with van der Waals surface area (Å²) in [5.74, 6) is 0.783. The first-order valence-corrected chi connectivity index (χ1v) is 19.9. The number of carbonyl (C=O) groups is 4. The number of amides is 4. The molecular formula is C44H54N8O6. The smallest absolute Gasteiger partial charge is 0.407 e. The van der Waals surface area contributed by atoms with Gasteiger partial charge in [-0.3, -0.25) is 9.59 Å². The lowest BCUT2D eigenvalue weighted by atomic mass is 9.93. The van der Waals surface area contributed by atoms with Crippen LogP contribution in [0, 0.1) is 11.8 Å². The van der Waals surface area contributed by atoms with E-state index in [0.29, 0.717) is 24.7 Å². The Labute approximate surface area is 339 Å². The zero-order chi connectivity index (χ0) is 41.5. The van der Waals surface area contributed by atoms with Crippen molar-refractivity contribution in [3.63, 3.8) is 0 Å². The number of fused-ring (bicyclic) bond motifs is 1. The molecule has 5 aromatic rings. The molecule has 14 nitrogen and oxygen atoms in total. The summed E-state index contributed by atoms with van der Waals surface area (Å²) in [5.41, 5.74) is 5.77. The number of methoxy groups -OCH3 is 2. The third-order valence-corrected chi connectivity index (χ3v) is 10.7. The fourth-order valence-corrected chi connectivity index (χ4v) is 7.65. The van der Waals surface area contributed by atoms with Gasteiger partial charge in [0.2, 0.25) is 11.8 Å². The molecule has 0 bridgehead atoms. The van der Waals surface area contributed by atoms with Gasteiger partial charge in [0.1, 0.15) is 23.7 Å². The topological polar surface area (TPSA) is 175 Å². The lowest BCUT2D eigenvalue weighted by Gasteiger charge is -2.30. The van der Waals surface area contributed by atoms with Gasteiger partial charge in [-0.2, -0.15) is 0 Å². The maximum absolute atomic E-state index is 13.6. The minimum atomic E-state index is -0.724. The highest BCUT2D eigenvalue weighted by molar-refractivity contribution is 6.04. The summed E-state index contributed by atoms with van der Waals surface area (Å²) >= 11 is 0. The van der Waals surface area contributed by atoms with Crippen LogP contribution in [0.1, 0.15) is 71.6 Å². The largest absolute Gasteiger partial charge is 0.453 e. The van der Waals surface area contributed by atoms with Gasteiger partial charge < -0.3 is 39.9 Å². The third-order valence-electron chi connectivity index (χ3n) is 10.7. The molecule has 3 heterocycles. The van der Waals surface area contributed by atoms with Crippen LogP contribution in [0.4, 0.5) is 9.59 Å². The van der Waals surface area contributed by atoms with Crippen molar-refractivity contribution in [3.05, 3.63) is 84.7 Å². The van der Waals surface area contributed by atoms with Gasteiger partial charge in [-0.15, -0.1) is 0 Å². The van der Waals surface area contributed by atoms with Crippen molar-refractivity contribution in [1.29, 1.82) is 0 Å². The SMILES string of the molecule is CCCN(Cc1ncc(-c2ccc(-c3ccc(-c4cnc(C5CCCN5C(=O)C(NC(=O)OC)C(C)C)[nH]4)cc3)c3ccccc23)[nH]1)C(=O)C(NC(=O)OC)C(C)C. The van der Waals surface area contributed by atoms with Crippen LogP contribution >= 0.6 is 0 Å². The molecule has 1 fully saturated rings. The van der Waals surface area contributed by atoms with E-state index in [4.69, 9.17) is 14.5 Å². The van der Waals surface area contributed by atoms with Crippen molar-refractivity contribution < 1.29 is 28.7 Å². The molecule has 58 heavy (non-hydrogen) atoms. The highest BCUT2D eigenvalue weighted by Crippen LogP contribution is 2.37. The Morgan fingerprint density at radius 3 is 2.03 bits per heavy atom. The van der Waals surface area contributed by atoms with Gasteiger partial charge in [0.25, 0.3) is 0 Å². The Morgan fingerprint density at radius 2 is 1.40 bits per heavy atom. The van der Waals surface area contributed by atoms with Gasteiger partial charge in [0.05, 0.1) is 50.6 Å². The Balaban J connectivity index is 1.20. The summed E-state index contributed by atoms with van der Waals surface area (Å²) in [4.78, 5) is 71.0. The molecule has 1 aliphatic heterocycles. The molecule has 3 atom stereocenters. The summed E-state index contributed by atoms with van der Waals surface area (Å²) in [7, 11) is 2.57. The van der Waals surface area contributed by atoms with Crippen LogP contribution in [0.2, 0.25) is 0 Å². The first-order chi connectivity index (χ1) is 27.9. The van der Waals surface area contributed by atoms with E-state index in [1.165, 1.54) is 14.2 Å². The molecule has 4 N–H and O–H groups in total. The van der Waals surface area contributed by atoms with Gasteiger partial charge in [0, 0.05) is 18.7 Å². The van der Waals surface area contributed by atoms with Crippen LogP contribution in [0.5, 0.6) is 0 Å². The van der Waals surface area contributed by atoms with E-state index in [1.54, 1.807) is 17.3 Å². The quantitative estimate of drug-likeness (QED) is 0.0898. The number of H-pyrrole nitrogens is 2. The van der Waals surface area contributed by atoms with E-state index in [2.05, 4.69) is 74.1 Å². The molecule has 6 rings (SSSR count). The van der Waals surface area contributed by atoms with Crippen LogP contribution < -0.4 is 10.6 Å². The number of nitrogens with one attached hydrogen (secondary N) is 4. The molecule has 0 spiro atoms. The average Bonchev–Trinajstić information content (AvgIpc) is 4.02. The van der Waals surface area contributed by atoms with Gasteiger partial charge in [-0.05, 0) is 58.6 Å². The normalized spacial score (nSPS) is 15.1. The second-order valence-corrected chi connectivity index (χ2v) is 15.4. The van der Waals surface area contributed by atoms with Gasteiger partial charge in [0.15, 0.2) is 0 Å². The molecule has 1 saturated heterocycles. The Hall–Kier alpha value is -6.18. The molecule has 0 saturated carbocycles. The van der Waals surface area contributed by atoms with E-state index >= 15 is 0 Å². The lowest BCUT2D eigenvalue weighted by molar-refractivity contribution is -0.136. The lowest BCUT2D eigenvalue weighted by Crippen LogP contribution is -2.51. The summed E-state index contributed by atoms with van der Waals surface area (Å²) in [6.07, 6.45) is 4.70. The number of benzene rings is 3. The Morgan fingerprint density at radius 1 is 0.793 bits per heavy atom. The number of rotatable bonds is 14. The Bertz CT molecular complexity index is 2230. The number of hydrogen-bond donors (Lipinski definition) is 4. The number of nitrogens with zero attached hydrogens (tertiary/aromatic N) is 4. The number of likely N-dealkylation sites (tertiary alicyclic amines) is 1. The maximum Gasteiger partial charge on any atom is 0.407 e. The first kappa shape index (κ1) is 41.5. The number of carbonyl (C=O) groups excluding carboxylic acids is 4. The fourth-order valence-electron chi connectivity index (χ4n) is 7.65. The zero-order valence-corrected chi connectivity index (χ0v) is 34.3. The molecular weight excluding hydrogens is 737 g/mol. The third kappa shape index (κ3) is 9.01. The molecule has 3 aromatic carbocycles. The van der Waals surface area contributed by atoms with Crippen molar-refractivity contribution in [2.24, 2.45) is 11.8 Å². The van der Waals surface area contributed by atoms with Gasteiger partial charge >= 0.3 is 12.2 Å². The van der Waals surface area contributed by atoms with E-state index in [9.17, 15) is 19.2 Å². The summed E-state index contributed by atoms with van der Waals surface area (Å²) in [6, 6.07) is 19.2. The van der Waals surface area contributed by atoms with Crippen LogP contribution in [0.3, 0.4) is 0 Å². The second-order valence-electron chi connectivity index (χ2n) is 15.4. The van der Waals surface area contributed by atoms with Crippen molar-refractivity contribution in [1.82, 2.24) is 40.4 Å². The predicted molar refractivity (Wildman–Crippen MR) is 222 cm³/mol. The van der Waals surface area contributed by atoms with Crippen LogP contribution in [0.15, 0.2) is 73.1 Å². The van der Waals surface area contributed by atoms with E-state index in [-0.39, 0.29) is 36.2 Å². The second kappa shape index (κ2) is 18.4. The molecule has 3 unspecified atom stereocenters. The molecule has 14 heteroatoms. The van der Waals surface area contributed by atoms with Gasteiger partial charge in [-0.25, -0.2) is 19.6 Å². The molecule has 2 aromatic heterocycles. The number of aromatic amines is 2. The van der Waals surface area contributed by atoms with E-state index in [1.807, 2.05) is 51.7 Å². The van der Waals surface area contributed by atoms with Crippen molar-refractivity contribution in [2.45, 2.75) is 78.6 Å². The monoisotopic (exact) mass is 790 g/mol. The highest BCUT2D eigenvalue weighted by atomic mass is 16.5. The number of ether oxygens (including phenoxy) is 2. The van der Waals surface area contributed by atoms with Crippen LogP contribution in [-0.4, -0.2) is 93.1 Å². The number of imidazole rings is 2. The highest BCUT2D eigenvalue weighted by Gasteiger charge is 2.37.